The summed E-state index contributed by atoms with van der Waals surface area (Å²) in [6.07, 6.45) is 2.59. The Balaban J connectivity index is 2.11. The lowest BCUT2D eigenvalue weighted by atomic mass is 10.1. The monoisotopic (exact) mass is 259 g/mol. The molecular formula is C13H9NO5. The van der Waals surface area contributed by atoms with Crippen molar-refractivity contribution in [2.45, 2.75) is 0 Å². The summed E-state index contributed by atoms with van der Waals surface area (Å²) in [6.45, 7) is 0. The number of furan rings is 1. The molecule has 1 heterocycles. The van der Waals surface area contributed by atoms with Crippen LogP contribution >= 0.6 is 0 Å². The highest BCUT2D eigenvalue weighted by Gasteiger charge is 2.10. The van der Waals surface area contributed by atoms with Crippen LogP contribution in [-0.2, 0) is 0 Å². The van der Waals surface area contributed by atoms with Gasteiger partial charge >= 0.3 is 5.88 Å². The molecule has 1 aromatic carbocycles. The number of aromatic hydroxyl groups is 1. The van der Waals surface area contributed by atoms with E-state index in [9.17, 15) is 14.9 Å². The quantitative estimate of drug-likeness (QED) is 0.394. The summed E-state index contributed by atoms with van der Waals surface area (Å²) in [7, 11) is 0. The molecule has 0 bridgehead atoms. The first kappa shape index (κ1) is 12.6. The number of hydrogen-bond donors (Lipinski definition) is 1. The Kier molecular flexibility index (Phi) is 3.42. The number of phenols is 1. The number of nitrogens with zero attached hydrogens (tertiary/aromatic N) is 1. The molecule has 1 aromatic heterocycles. The van der Waals surface area contributed by atoms with E-state index in [2.05, 4.69) is 0 Å². The maximum atomic E-state index is 11.7. The molecule has 2 aromatic rings. The second-order valence-corrected chi connectivity index (χ2v) is 3.68. The summed E-state index contributed by atoms with van der Waals surface area (Å²) >= 11 is 0. The van der Waals surface area contributed by atoms with Crippen LogP contribution in [0.5, 0.6) is 5.75 Å². The van der Waals surface area contributed by atoms with Crippen molar-refractivity contribution < 1.29 is 19.2 Å². The average Bonchev–Trinajstić information content (AvgIpc) is 2.86. The zero-order valence-corrected chi connectivity index (χ0v) is 9.65. The summed E-state index contributed by atoms with van der Waals surface area (Å²) in [6, 6.07) is 8.38. The van der Waals surface area contributed by atoms with E-state index in [1.165, 1.54) is 48.6 Å². The predicted octanol–water partition coefficient (Wildman–Crippen LogP) is 2.79. The van der Waals surface area contributed by atoms with Crippen molar-refractivity contribution in [3.63, 3.8) is 0 Å². The Morgan fingerprint density at radius 1 is 1.21 bits per heavy atom. The summed E-state index contributed by atoms with van der Waals surface area (Å²) in [5.41, 5.74) is 0.398. The van der Waals surface area contributed by atoms with Crippen molar-refractivity contribution in [1.29, 1.82) is 0 Å². The van der Waals surface area contributed by atoms with Gasteiger partial charge in [0.2, 0.25) is 0 Å². The second-order valence-electron chi connectivity index (χ2n) is 3.68. The van der Waals surface area contributed by atoms with Crippen molar-refractivity contribution in [3.8, 4) is 5.75 Å². The summed E-state index contributed by atoms with van der Waals surface area (Å²) < 4.78 is 4.87. The molecule has 6 heteroatoms. The van der Waals surface area contributed by atoms with Gasteiger partial charge in [0.1, 0.15) is 16.4 Å². The number of carbonyl (C=O) groups is 1. The molecule has 2 rings (SSSR count). The first-order valence-corrected chi connectivity index (χ1v) is 5.32. The minimum Gasteiger partial charge on any atom is -0.508 e. The lowest BCUT2D eigenvalue weighted by molar-refractivity contribution is -0.402. The molecule has 6 nitrogen and oxygen atoms in total. The van der Waals surface area contributed by atoms with Gasteiger partial charge in [0.25, 0.3) is 0 Å². The highest BCUT2D eigenvalue weighted by molar-refractivity contribution is 6.06. The SMILES string of the molecule is O=C(/C=C/c1ccc([N+](=O)[O-])o1)c1ccc(O)cc1. The largest absolute Gasteiger partial charge is 0.508 e. The highest BCUT2D eigenvalue weighted by atomic mass is 16.6. The molecule has 0 unspecified atom stereocenters. The van der Waals surface area contributed by atoms with Gasteiger partial charge in [-0.15, -0.1) is 0 Å². The number of benzene rings is 1. The number of nitro groups is 1. The highest BCUT2D eigenvalue weighted by Crippen LogP contribution is 2.17. The molecule has 96 valence electrons. The van der Waals surface area contributed by atoms with Gasteiger partial charge in [-0.05, 0) is 42.5 Å². The zero-order valence-electron chi connectivity index (χ0n) is 9.65. The van der Waals surface area contributed by atoms with Crippen molar-refractivity contribution in [1.82, 2.24) is 0 Å². The molecular weight excluding hydrogens is 250 g/mol. The van der Waals surface area contributed by atoms with E-state index in [1.54, 1.807) is 0 Å². The van der Waals surface area contributed by atoms with Crippen LogP contribution in [0.25, 0.3) is 6.08 Å². The lowest BCUT2D eigenvalue weighted by Crippen LogP contribution is -1.92. The molecule has 0 atom stereocenters. The Labute approximate surface area is 107 Å². The van der Waals surface area contributed by atoms with Crippen molar-refractivity contribution >= 4 is 17.7 Å². The van der Waals surface area contributed by atoms with Gasteiger partial charge in [0.15, 0.2) is 5.78 Å². The van der Waals surface area contributed by atoms with Gasteiger partial charge in [-0.25, -0.2) is 0 Å². The first-order chi connectivity index (χ1) is 9.06. The van der Waals surface area contributed by atoms with Gasteiger partial charge in [0, 0.05) is 5.56 Å². The normalized spacial score (nSPS) is 10.7. The maximum Gasteiger partial charge on any atom is 0.433 e. The third-order valence-electron chi connectivity index (χ3n) is 2.34. The topological polar surface area (TPSA) is 93.6 Å². The number of allylic oxidation sites excluding steroid dienone is 1. The molecule has 0 amide bonds. The minimum atomic E-state index is -0.654. The maximum absolute atomic E-state index is 11.7. The molecule has 0 saturated carbocycles. The van der Waals surface area contributed by atoms with Crippen LogP contribution in [0, 0.1) is 10.1 Å². The van der Waals surface area contributed by atoms with Gasteiger partial charge in [-0.2, -0.15) is 0 Å². The molecule has 0 aliphatic heterocycles. The fourth-order valence-electron chi connectivity index (χ4n) is 1.41. The van der Waals surface area contributed by atoms with Crippen LogP contribution in [0.2, 0.25) is 0 Å². The van der Waals surface area contributed by atoms with Crippen molar-refractivity contribution in [3.05, 3.63) is 63.9 Å². The van der Waals surface area contributed by atoms with E-state index in [4.69, 9.17) is 9.52 Å². The predicted molar refractivity (Wildman–Crippen MR) is 66.8 cm³/mol. The van der Waals surface area contributed by atoms with Crippen LogP contribution < -0.4 is 0 Å². The third-order valence-corrected chi connectivity index (χ3v) is 2.34. The van der Waals surface area contributed by atoms with Crippen LogP contribution in [0.4, 0.5) is 5.88 Å². The smallest absolute Gasteiger partial charge is 0.433 e. The molecule has 0 aliphatic rings. The lowest BCUT2D eigenvalue weighted by Gasteiger charge is -1.95. The number of carbonyl (C=O) groups excluding carboxylic acids is 1. The Bertz CT molecular complexity index is 639. The number of rotatable bonds is 4. The third kappa shape index (κ3) is 3.06. The molecule has 0 radical (unpaired) electrons. The van der Waals surface area contributed by atoms with E-state index in [0.29, 0.717) is 5.56 Å². The number of hydrogen-bond acceptors (Lipinski definition) is 5. The Morgan fingerprint density at radius 2 is 1.89 bits per heavy atom. The summed E-state index contributed by atoms with van der Waals surface area (Å²) in [4.78, 5) is 21.5. The van der Waals surface area contributed by atoms with E-state index >= 15 is 0 Å². The van der Waals surface area contributed by atoms with Crippen molar-refractivity contribution in [2.24, 2.45) is 0 Å². The molecule has 0 saturated heterocycles. The number of ketones is 1. The van der Waals surface area contributed by atoms with Crippen LogP contribution in [0.1, 0.15) is 16.1 Å². The molecule has 0 spiro atoms. The minimum absolute atomic E-state index is 0.0715. The molecule has 0 aliphatic carbocycles. The fraction of sp³-hybridized carbons (Fsp3) is 0. The Morgan fingerprint density at radius 3 is 2.47 bits per heavy atom. The van der Waals surface area contributed by atoms with E-state index < -0.39 is 4.92 Å². The van der Waals surface area contributed by atoms with E-state index in [1.807, 2.05) is 0 Å². The van der Waals surface area contributed by atoms with Gasteiger partial charge in [-0.1, -0.05) is 0 Å². The van der Waals surface area contributed by atoms with Crippen LogP contribution in [0.15, 0.2) is 46.9 Å². The second kappa shape index (κ2) is 5.18. The molecule has 19 heavy (non-hydrogen) atoms. The van der Waals surface area contributed by atoms with E-state index in [0.717, 1.165) is 0 Å². The first-order valence-electron chi connectivity index (χ1n) is 5.32. The van der Waals surface area contributed by atoms with Crippen LogP contribution in [0.3, 0.4) is 0 Å². The van der Waals surface area contributed by atoms with E-state index in [-0.39, 0.29) is 23.2 Å². The van der Waals surface area contributed by atoms with Gasteiger partial charge in [0.05, 0.1) is 6.07 Å². The summed E-state index contributed by atoms with van der Waals surface area (Å²) in [5, 5.41) is 19.5. The number of phenolic OH excluding ortho intramolecular Hbond substituents is 1. The standard InChI is InChI=1S/C13H9NO5/c15-10-3-1-9(2-4-10)12(16)7-5-11-6-8-13(19-11)14(17)18/h1-8,15H/b7-5+. The van der Waals surface area contributed by atoms with Crippen molar-refractivity contribution in [2.75, 3.05) is 0 Å². The molecule has 1 N–H and O–H groups in total. The zero-order chi connectivity index (χ0) is 13.8. The van der Waals surface area contributed by atoms with Gasteiger partial charge < -0.3 is 9.52 Å². The average molecular weight is 259 g/mol. The van der Waals surface area contributed by atoms with Crippen LogP contribution in [-0.4, -0.2) is 15.8 Å². The Hall–Kier alpha value is -2.89. The summed E-state index contributed by atoms with van der Waals surface area (Å²) in [5.74, 6) is -0.378. The molecule has 0 fully saturated rings. The fourth-order valence-corrected chi connectivity index (χ4v) is 1.41. The van der Waals surface area contributed by atoms with Gasteiger partial charge in [-0.3, -0.25) is 14.9 Å².